The molecule has 6 nitrogen and oxygen atoms in total. The number of hydrogen-bond donors (Lipinski definition) is 1. The first-order valence-electron chi connectivity index (χ1n) is 6.45. The Morgan fingerprint density at radius 3 is 2.39 bits per heavy atom. The van der Waals surface area contributed by atoms with E-state index >= 15 is 0 Å². The smallest absolute Gasteiger partial charge is 0.255 e. The van der Waals surface area contributed by atoms with Crippen molar-refractivity contribution in [1.82, 2.24) is 4.90 Å². The minimum atomic E-state index is -0.277. The van der Waals surface area contributed by atoms with Gasteiger partial charge in [0, 0.05) is 6.04 Å². The van der Waals surface area contributed by atoms with Crippen molar-refractivity contribution in [2.75, 3.05) is 26.4 Å². The number of hydrogen-bond acceptors (Lipinski definition) is 5. The standard InChI is InChI=1S/C12H20N2O4/c13-9-1-3-10(4-2-9)18-6-5-14-11(15)7-17-8-12(14)16/h9-10H,1-8,13H2. The van der Waals surface area contributed by atoms with E-state index in [9.17, 15) is 9.59 Å². The number of morpholine rings is 1. The summed E-state index contributed by atoms with van der Waals surface area (Å²) in [5.41, 5.74) is 5.81. The molecule has 0 unspecified atom stereocenters. The average molecular weight is 256 g/mol. The summed E-state index contributed by atoms with van der Waals surface area (Å²) < 4.78 is 10.5. The van der Waals surface area contributed by atoms with Crippen molar-refractivity contribution in [1.29, 1.82) is 0 Å². The zero-order valence-electron chi connectivity index (χ0n) is 10.5. The SMILES string of the molecule is NC1CCC(OCCN2C(=O)COCC2=O)CC1. The molecular weight excluding hydrogens is 236 g/mol. The first-order chi connectivity index (χ1) is 8.66. The number of nitrogens with two attached hydrogens (primary N) is 1. The number of amides is 2. The van der Waals surface area contributed by atoms with Gasteiger partial charge in [0.15, 0.2) is 0 Å². The molecule has 0 spiro atoms. The number of ether oxygens (including phenoxy) is 2. The quantitative estimate of drug-likeness (QED) is 0.696. The Morgan fingerprint density at radius 1 is 1.17 bits per heavy atom. The zero-order chi connectivity index (χ0) is 13.0. The van der Waals surface area contributed by atoms with Gasteiger partial charge in [0.2, 0.25) is 0 Å². The fourth-order valence-corrected chi connectivity index (χ4v) is 2.34. The van der Waals surface area contributed by atoms with Crippen LogP contribution in [0.2, 0.25) is 0 Å². The molecule has 1 saturated carbocycles. The number of nitrogens with zero attached hydrogens (tertiary/aromatic N) is 1. The van der Waals surface area contributed by atoms with Gasteiger partial charge in [0.1, 0.15) is 13.2 Å². The van der Waals surface area contributed by atoms with E-state index in [4.69, 9.17) is 15.2 Å². The molecule has 1 aliphatic carbocycles. The van der Waals surface area contributed by atoms with Crippen LogP contribution in [0.4, 0.5) is 0 Å². The third-order valence-corrected chi connectivity index (χ3v) is 3.44. The van der Waals surface area contributed by atoms with E-state index in [-0.39, 0.29) is 31.1 Å². The highest BCUT2D eigenvalue weighted by atomic mass is 16.5. The molecule has 1 saturated heterocycles. The van der Waals surface area contributed by atoms with E-state index in [1.54, 1.807) is 0 Å². The Morgan fingerprint density at radius 2 is 1.78 bits per heavy atom. The van der Waals surface area contributed by atoms with E-state index in [0.29, 0.717) is 19.2 Å². The lowest BCUT2D eigenvalue weighted by Crippen LogP contribution is -2.47. The van der Waals surface area contributed by atoms with E-state index in [1.165, 1.54) is 4.90 Å². The molecule has 0 aromatic rings. The summed E-state index contributed by atoms with van der Waals surface area (Å²) in [6.45, 7) is 0.703. The second-order valence-electron chi connectivity index (χ2n) is 4.84. The normalized spacial score (nSPS) is 29.7. The topological polar surface area (TPSA) is 81.9 Å². The third-order valence-electron chi connectivity index (χ3n) is 3.44. The van der Waals surface area contributed by atoms with E-state index in [1.807, 2.05) is 0 Å². The number of carbonyl (C=O) groups excluding carboxylic acids is 2. The summed E-state index contributed by atoms with van der Waals surface area (Å²) in [5.74, 6) is -0.555. The highest BCUT2D eigenvalue weighted by Crippen LogP contribution is 2.19. The van der Waals surface area contributed by atoms with Gasteiger partial charge in [-0.15, -0.1) is 0 Å². The van der Waals surface area contributed by atoms with Crippen molar-refractivity contribution in [2.24, 2.45) is 5.73 Å². The van der Waals surface area contributed by atoms with Crippen LogP contribution >= 0.6 is 0 Å². The molecule has 1 heterocycles. The molecule has 2 aliphatic rings. The number of imide groups is 1. The van der Waals surface area contributed by atoms with Gasteiger partial charge in [0.05, 0.1) is 19.3 Å². The molecule has 2 N–H and O–H groups in total. The van der Waals surface area contributed by atoms with Crippen LogP contribution in [0.1, 0.15) is 25.7 Å². The summed E-state index contributed by atoms with van der Waals surface area (Å²) in [4.78, 5) is 24.1. The summed E-state index contributed by atoms with van der Waals surface area (Å²) in [7, 11) is 0. The number of carbonyl (C=O) groups is 2. The van der Waals surface area contributed by atoms with Crippen molar-refractivity contribution in [3.63, 3.8) is 0 Å². The van der Waals surface area contributed by atoms with Crippen LogP contribution in [-0.4, -0.2) is 55.2 Å². The number of rotatable bonds is 4. The van der Waals surface area contributed by atoms with Gasteiger partial charge >= 0.3 is 0 Å². The maximum atomic E-state index is 11.4. The highest BCUT2D eigenvalue weighted by molar-refractivity contribution is 5.98. The van der Waals surface area contributed by atoms with Crippen LogP contribution in [0, 0.1) is 0 Å². The van der Waals surface area contributed by atoms with Crippen LogP contribution in [0.3, 0.4) is 0 Å². The van der Waals surface area contributed by atoms with Gasteiger partial charge in [0.25, 0.3) is 11.8 Å². The van der Waals surface area contributed by atoms with Gasteiger partial charge in [-0.1, -0.05) is 0 Å². The lowest BCUT2D eigenvalue weighted by molar-refractivity contribution is -0.159. The third kappa shape index (κ3) is 3.51. The van der Waals surface area contributed by atoms with Gasteiger partial charge in [-0.2, -0.15) is 0 Å². The molecule has 0 aromatic carbocycles. The molecule has 0 atom stereocenters. The monoisotopic (exact) mass is 256 g/mol. The van der Waals surface area contributed by atoms with Crippen LogP contribution in [0.25, 0.3) is 0 Å². The zero-order valence-corrected chi connectivity index (χ0v) is 10.5. The predicted octanol–water partition coefficient (Wildman–Crippen LogP) is -0.342. The maximum absolute atomic E-state index is 11.4. The van der Waals surface area contributed by atoms with Crippen LogP contribution in [0.15, 0.2) is 0 Å². The Hall–Kier alpha value is -0.980. The van der Waals surface area contributed by atoms with Gasteiger partial charge < -0.3 is 15.2 Å². The lowest BCUT2D eigenvalue weighted by Gasteiger charge is -2.28. The summed E-state index contributed by atoms with van der Waals surface area (Å²) in [5, 5.41) is 0. The summed E-state index contributed by atoms with van der Waals surface area (Å²) in [6.07, 6.45) is 4.12. The lowest BCUT2D eigenvalue weighted by atomic mass is 9.94. The average Bonchev–Trinajstić information content (AvgIpc) is 2.35. The molecule has 1 aliphatic heterocycles. The fraction of sp³-hybridized carbons (Fsp3) is 0.833. The Bertz CT molecular complexity index is 297. The minimum absolute atomic E-state index is 0.00990. The molecule has 0 bridgehead atoms. The van der Waals surface area contributed by atoms with Crippen LogP contribution < -0.4 is 5.73 Å². The summed E-state index contributed by atoms with van der Waals surface area (Å²) >= 11 is 0. The molecule has 0 radical (unpaired) electrons. The fourth-order valence-electron chi connectivity index (χ4n) is 2.34. The molecule has 18 heavy (non-hydrogen) atoms. The maximum Gasteiger partial charge on any atom is 0.255 e. The molecule has 102 valence electrons. The molecular formula is C12H20N2O4. The van der Waals surface area contributed by atoms with E-state index < -0.39 is 0 Å². The van der Waals surface area contributed by atoms with Gasteiger partial charge in [-0.3, -0.25) is 14.5 Å². The van der Waals surface area contributed by atoms with Crippen molar-refractivity contribution < 1.29 is 19.1 Å². The second-order valence-corrected chi connectivity index (χ2v) is 4.84. The Balaban J connectivity index is 1.68. The second kappa shape index (κ2) is 6.26. The summed E-state index contributed by atoms with van der Waals surface area (Å²) in [6, 6.07) is 0.298. The van der Waals surface area contributed by atoms with Crippen molar-refractivity contribution in [2.45, 2.75) is 37.8 Å². The molecule has 6 heteroatoms. The van der Waals surface area contributed by atoms with E-state index in [0.717, 1.165) is 25.7 Å². The first-order valence-corrected chi connectivity index (χ1v) is 6.45. The molecule has 2 amide bonds. The van der Waals surface area contributed by atoms with Gasteiger partial charge in [-0.25, -0.2) is 0 Å². The first kappa shape index (κ1) is 13.5. The molecule has 0 aromatic heterocycles. The Kier molecular flexibility index (Phi) is 4.68. The van der Waals surface area contributed by atoms with Crippen LogP contribution in [-0.2, 0) is 19.1 Å². The van der Waals surface area contributed by atoms with Crippen molar-refractivity contribution >= 4 is 11.8 Å². The minimum Gasteiger partial charge on any atom is -0.376 e. The predicted molar refractivity (Wildman–Crippen MR) is 63.7 cm³/mol. The largest absolute Gasteiger partial charge is 0.376 e. The Labute approximate surface area is 106 Å². The van der Waals surface area contributed by atoms with E-state index in [2.05, 4.69) is 0 Å². The van der Waals surface area contributed by atoms with Crippen LogP contribution in [0.5, 0.6) is 0 Å². The molecule has 2 fully saturated rings. The highest BCUT2D eigenvalue weighted by Gasteiger charge is 2.26. The van der Waals surface area contributed by atoms with Crippen molar-refractivity contribution in [3.8, 4) is 0 Å². The van der Waals surface area contributed by atoms with Gasteiger partial charge in [-0.05, 0) is 25.7 Å². The molecule has 2 rings (SSSR count). The van der Waals surface area contributed by atoms with Crippen molar-refractivity contribution in [3.05, 3.63) is 0 Å².